The molecule has 0 aromatic heterocycles. The molecule has 0 saturated carbocycles. The van der Waals surface area contributed by atoms with Crippen molar-refractivity contribution in [2.24, 2.45) is 0 Å². The lowest BCUT2D eigenvalue weighted by molar-refractivity contribution is -0.136. The molecule has 1 atom stereocenters. The summed E-state index contributed by atoms with van der Waals surface area (Å²) in [7, 11) is 1.81. The molecule has 0 aliphatic carbocycles. The van der Waals surface area contributed by atoms with Gasteiger partial charge in [-0.2, -0.15) is 0 Å². The van der Waals surface area contributed by atoms with E-state index >= 15 is 4.39 Å². The third kappa shape index (κ3) is 7.18. The van der Waals surface area contributed by atoms with Crippen LogP contribution in [0.4, 0.5) is 4.39 Å². The fourth-order valence-corrected chi connectivity index (χ4v) is 6.55. The summed E-state index contributed by atoms with van der Waals surface area (Å²) in [6.07, 6.45) is 0.696. The van der Waals surface area contributed by atoms with Crippen LogP contribution in [0.15, 0.2) is 97.1 Å². The van der Waals surface area contributed by atoms with Crippen LogP contribution in [0.5, 0.6) is 5.75 Å². The molecule has 2 aliphatic rings. The third-order valence-corrected chi connectivity index (χ3v) is 8.97. The van der Waals surface area contributed by atoms with E-state index in [1.807, 2.05) is 65.6 Å². The standard InChI is InChI=1S/C39H35ClFN3O5/c1-43(24-28-14-17-31-35(36(28)41)39(48)44(38(31)47)32-18-19-33(45)42-37(32)46)22-23-49-29-15-12-27(13-16-29)34(26-10-6-3-7-11-26)30(20-21-40)25-8-4-2-5-9-25/h2-17,32H,18-24H2,1H3,(H,42,45,46). The summed E-state index contributed by atoms with van der Waals surface area (Å²) in [5.74, 6) is -2.44. The van der Waals surface area contributed by atoms with Crippen molar-refractivity contribution in [1.29, 1.82) is 0 Å². The molecule has 1 N–H and O–H groups in total. The Morgan fingerprint density at radius 1 is 0.878 bits per heavy atom. The Labute approximate surface area is 289 Å². The SMILES string of the molecule is CN(CCOc1ccc(C(=C(CCCl)c2ccccc2)c2ccccc2)cc1)Cc1ccc2c(c1F)C(=O)N(C1CCC(=O)NC1=O)C2=O. The number of nitrogens with one attached hydrogen (secondary N) is 1. The number of carbonyl (C=O) groups is 4. The van der Waals surface area contributed by atoms with Crippen LogP contribution in [-0.4, -0.2) is 65.5 Å². The van der Waals surface area contributed by atoms with Crippen LogP contribution in [0.25, 0.3) is 11.1 Å². The van der Waals surface area contributed by atoms with Crippen LogP contribution >= 0.6 is 11.6 Å². The molecule has 1 fully saturated rings. The lowest BCUT2D eigenvalue weighted by atomic mass is 9.88. The number of piperidine rings is 1. The zero-order valence-corrected chi connectivity index (χ0v) is 27.7. The van der Waals surface area contributed by atoms with Crippen molar-refractivity contribution in [2.75, 3.05) is 26.1 Å². The van der Waals surface area contributed by atoms with E-state index in [1.54, 1.807) is 7.05 Å². The van der Waals surface area contributed by atoms with E-state index in [1.165, 1.54) is 12.1 Å². The first-order chi connectivity index (χ1) is 23.8. The lowest BCUT2D eigenvalue weighted by Gasteiger charge is -2.27. The summed E-state index contributed by atoms with van der Waals surface area (Å²) in [4.78, 5) is 52.7. The summed E-state index contributed by atoms with van der Waals surface area (Å²) in [6.45, 7) is 0.942. The Morgan fingerprint density at radius 2 is 1.53 bits per heavy atom. The Bertz CT molecular complexity index is 1910. The molecule has 0 bridgehead atoms. The van der Waals surface area contributed by atoms with E-state index in [4.69, 9.17) is 16.3 Å². The van der Waals surface area contributed by atoms with Crippen LogP contribution < -0.4 is 10.1 Å². The molecular weight excluding hydrogens is 645 g/mol. The van der Waals surface area contributed by atoms with E-state index in [0.29, 0.717) is 31.2 Å². The van der Waals surface area contributed by atoms with Crippen molar-refractivity contribution in [1.82, 2.24) is 15.1 Å². The fourth-order valence-electron chi connectivity index (χ4n) is 6.36. The van der Waals surface area contributed by atoms with Gasteiger partial charge in [-0.05, 0) is 65.9 Å². The predicted octanol–water partition coefficient (Wildman–Crippen LogP) is 6.33. The summed E-state index contributed by atoms with van der Waals surface area (Å²) < 4.78 is 21.7. The van der Waals surface area contributed by atoms with Gasteiger partial charge in [0.05, 0.1) is 11.1 Å². The number of fused-ring (bicyclic) bond motifs is 1. The first-order valence-electron chi connectivity index (χ1n) is 16.1. The minimum atomic E-state index is -1.15. The van der Waals surface area contributed by atoms with Gasteiger partial charge >= 0.3 is 0 Å². The van der Waals surface area contributed by atoms with Gasteiger partial charge in [0.25, 0.3) is 11.8 Å². The number of ether oxygens (including phenoxy) is 1. The van der Waals surface area contributed by atoms with Crippen molar-refractivity contribution in [2.45, 2.75) is 31.8 Å². The third-order valence-electron chi connectivity index (χ3n) is 8.78. The van der Waals surface area contributed by atoms with Crippen molar-refractivity contribution in [3.05, 3.63) is 136 Å². The molecule has 6 rings (SSSR count). The van der Waals surface area contributed by atoms with Gasteiger partial charge in [0.1, 0.15) is 24.2 Å². The first kappa shape index (κ1) is 33.8. The quantitative estimate of drug-likeness (QED) is 0.107. The highest BCUT2D eigenvalue weighted by Gasteiger charge is 2.46. The molecule has 1 unspecified atom stereocenters. The summed E-state index contributed by atoms with van der Waals surface area (Å²) in [5, 5.41) is 2.14. The zero-order valence-electron chi connectivity index (χ0n) is 27.0. The Hall–Kier alpha value is -5.12. The minimum Gasteiger partial charge on any atom is -0.492 e. The fraction of sp³-hybridized carbons (Fsp3) is 0.231. The molecule has 4 aromatic rings. The Kier molecular flexibility index (Phi) is 10.3. The predicted molar refractivity (Wildman–Crippen MR) is 185 cm³/mol. The number of likely N-dealkylation sites (N-methyl/N-ethyl adjacent to an activating group) is 1. The molecule has 1 saturated heterocycles. The van der Waals surface area contributed by atoms with Crippen LogP contribution in [0, 0.1) is 5.82 Å². The number of hydrogen-bond donors (Lipinski definition) is 1. The molecule has 0 spiro atoms. The van der Waals surface area contributed by atoms with Crippen LogP contribution in [0.2, 0.25) is 0 Å². The normalized spacial score (nSPS) is 16.5. The second kappa shape index (κ2) is 15.0. The van der Waals surface area contributed by atoms with Gasteiger partial charge in [0.2, 0.25) is 11.8 Å². The van der Waals surface area contributed by atoms with Crippen molar-refractivity contribution in [3.8, 4) is 5.75 Å². The average molecular weight is 680 g/mol. The zero-order chi connectivity index (χ0) is 34.5. The maximum atomic E-state index is 15.7. The lowest BCUT2D eigenvalue weighted by Crippen LogP contribution is -2.54. The molecular formula is C39H35ClFN3O5. The molecule has 2 heterocycles. The van der Waals surface area contributed by atoms with Crippen molar-refractivity contribution in [3.63, 3.8) is 0 Å². The van der Waals surface area contributed by atoms with E-state index in [2.05, 4.69) is 29.6 Å². The number of benzene rings is 4. The minimum absolute atomic E-state index is 0.00369. The summed E-state index contributed by atoms with van der Waals surface area (Å²) >= 11 is 6.28. The molecule has 0 radical (unpaired) electrons. The Balaban J connectivity index is 1.11. The topological polar surface area (TPSA) is 96.0 Å². The summed E-state index contributed by atoms with van der Waals surface area (Å²) in [6, 6.07) is 30.2. The van der Waals surface area contributed by atoms with E-state index in [-0.39, 0.29) is 36.1 Å². The second-order valence-corrected chi connectivity index (χ2v) is 12.4. The number of imide groups is 2. The average Bonchev–Trinajstić information content (AvgIpc) is 3.36. The van der Waals surface area contributed by atoms with E-state index in [9.17, 15) is 19.2 Å². The number of nitrogens with zero attached hydrogens (tertiary/aromatic N) is 2. The number of alkyl halides is 1. The van der Waals surface area contributed by atoms with Gasteiger partial charge in [-0.15, -0.1) is 11.6 Å². The number of rotatable bonds is 12. The maximum absolute atomic E-state index is 15.7. The molecule has 10 heteroatoms. The van der Waals surface area contributed by atoms with Crippen molar-refractivity contribution < 1.29 is 28.3 Å². The number of halogens is 2. The molecule has 250 valence electrons. The van der Waals surface area contributed by atoms with Gasteiger partial charge in [0.15, 0.2) is 0 Å². The van der Waals surface area contributed by atoms with Crippen molar-refractivity contribution >= 4 is 46.4 Å². The van der Waals surface area contributed by atoms with Crippen LogP contribution in [-0.2, 0) is 16.1 Å². The highest BCUT2D eigenvalue weighted by molar-refractivity contribution is 6.23. The molecule has 2 aliphatic heterocycles. The summed E-state index contributed by atoms with van der Waals surface area (Å²) in [5.41, 5.74) is 5.32. The highest BCUT2D eigenvalue weighted by atomic mass is 35.5. The second-order valence-electron chi connectivity index (χ2n) is 12.0. The van der Waals surface area contributed by atoms with E-state index < -0.39 is 35.5 Å². The van der Waals surface area contributed by atoms with Gasteiger partial charge in [-0.3, -0.25) is 34.3 Å². The Morgan fingerprint density at radius 3 is 2.18 bits per heavy atom. The smallest absolute Gasteiger partial charge is 0.265 e. The molecule has 49 heavy (non-hydrogen) atoms. The molecule has 4 aromatic carbocycles. The maximum Gasteiger partial charge on any atom is 0.265 e. The monoisotopic (exact) mass is 679 g/mol. The molecule has 8 nitrogen and oxygen atoms in total. The molecule has 4 amide bonds. The number of carbonyl (C=O) groups excluding carboxylic acids is 4. The van der Waals surface area contributed by atoms with Gasteiger partial charge < -0.3 is 4.74 Å². The number of hydrogen-bond acceptors (Lipinski definition) is 6. The van der Waals surface area contributed by atoms with Gasteiger partial charge in [0, 0.05) is 31.0 Å². The largest absolute Gasteiger partial charge is 0.492 e. The number of amides is 4. The van der Waals surface area contributed by atoms with Gasteiger partial charge in [-0.1, -0.05) is 78.9 Å². The van der Waals surface area contributed by atoms with Gasteiger partial charge in [-0.25, -0.2) is 4.39 Å². The number of allylic oxidation sites excluding steroid dienone is 1. The van der Waals surface area contributed by atoms with E-state index in [0.717, 1.165) is 32.7 Å². The highest BCUT2D eigenvalue weighted by Crippen LogP contribution is 2.35. The first-order valence-corrected chi connectivity index (χ1v) is 16.6. The van der Waals surface area contributed by atoms with Crippen LogP contribution in [0.1, 0.15) is 62.2 Å². The van der Waals surface area contributed by atoms with Crippen LogP contribution in [0.3, 0.4) is 0 Å².